The molecule has 6 heteroatoms. The van der Waals surface area contributed by atoms with E-state index in [0.29, 0.717) is 11.7 Å². The average molecular weight is 186 g/mol. The van der Waals surface area contributed by atoms with Gasteiger partial charge in [0.1, 0.15) is 11.7 Å². The second kappa shape index (κ2) is 7.20. The van der Waals surface area contributed by atoms with Gasteiger partial charge < -0.3 is 23.2 Å². The quantitative estimate of drug-likeness (QED) is 0.145. The van der Waals surface area contributed by atoms with E-state index in [1.54, 1.807) is 0 Å². The number of amidine groups is 2. The van der Waals surface area contributed by atoms with Gasteiger partial charge in [0.2, 0.25) is 0 Å². The Morgan fingerprint density at radius 3 is 1.46 bits per heavy atom. The molecule has 0 aliphatic rings. The zero-order valence-electron chi connectivity index (χ0n) is 7.74. The van der Waals surface area contributed by atoms with Crippen molar-refractivity contribution in [3.8, 4) is 0 Å². The van der Waals surface area contributed by atoms with Gasteiger partial charge in [-0.1, -0.05) is 6.42 Å². The first kappa shape index (κ1) is 11.5. The molecule has 6 nitrogen and oxygen atoms in total. The molecular weight excluding hydrogens is 168 g/mol. The Kier molecular flexibility index (Phi) is 6.39. The SMILES string of the molecule is NN=C(N)CCCCCC(N)=NN. The monoisotopic (exact) mass is 186 g/mol. The van der Waals surface area contributed by atoms with Gasteiger partial charge in [-0.15, -0.1) is 0 Å². The van der Waals surface area contributed by atoms with E-state index >= 15 is 0 Å². The molecule has 0 aromatic carbocycles. The zero-order chi connectivity index (χ0) is 10.1. The molecule has 0 aromatic heterocycles. The second-order valence-corrected chi connectivity index (χ2v) is 2.80. The Labute approximate surface area is 78.0 Å². The standard InChI is InChI=1S/C7H18N6/c8-6(12-10)4-2-1-3-5-7(9)13-11/h1-5,10-11H2,(H2,8,12)(H2,9,13). The predicted octanol–water partition coefficient (Wildman–Crippen LogP) is -0.601. The zero-order valence-corrected chi connectivity index (χ0v) is 7.74. The Hall–Kier alpha value is -1.46. The molecule has 0 fully saturated rings. The van der Waals surface area contributed by atoms with Crippen molar-refractivity contribution in [1.82, 2.24) is 0 Å². The molecule has 0 aliphatic heterocycles. The van der Waals surface area contributed by atoms with Crippen molar-refractivity contribution in [2.75, 3.05) is 0 Å². The van der Waals surface area contributed by atoms with E-state index in [2.05, 4.69) is 10.2 Å². The van der Waals surface area contributed by atoms with E-state index in [-0.39, 0.29) is 0 Å². The fourth-order valence-electron chi connectivity index (χ4n) is 0.918. The Morgan fingerprint density at radius 1 is 0.769 bits per heavy atom. The van der Waals surface area contributed by atoms with Gasteiger partial charge in [-0.3, -0.25) is 0 Å². The fourth-order valence-corrected chi connectivity index (χ4v) is 0.918. The maximum Gasteiger partial charge on any atom is 0.119 e. The first-order valence-corrected chi connectivity index (χ1v) is 4.25. The van der Waals surface area contributed by atoms with Crippen molar-refractivity contribution in [3.05, 3.63) is 0 Å². The molecule has 0 radical (unpaired) electrons. The summed E-state index contributed by atoms with van der Waals surface area (Å²) in [6, 6.07) is 0. The minimum atomic E-state index is 0.487. The predicted molar refractivity (Wildman–Crippen MR) is 54.7 cm³/mol. The molecule has 0 aliphatic carbocycles. The number of unbranched alkanes of at least 4 members (excludes halogenated alkanes) is 2. The molecule has 0 atom stereocenters. The molecule has 0 unspecified atom stereocenters. The van der Waals surface area contributed by atoms with Crippen LogP contribution in [0.3, 0.4) is 0 Å². The first-order valence-electron chi connectivity index (χ1n) is 4.25. The molecule has 0 spiro atoms. The third-order valence-electron chi connectivity index (χ3n) is 1.70. The van der Waals surface area contributed by atoms with Crippen molar-refractivity contribution in [1.29, 1.82) is 0 Å². The highest BCUT2D eigenvalue weighted by Crippen LogP contribution is 2.02. The first-order chi connectivity index (χ1) is 6.20. The molecule has 0 rings (SSSR count). The Morgan fingerprint density at radius 2 is 1.15 bits per heavy atom. The van der Waals surface area contributed by atoms with Crippen LogP contribution in [0, 0.1) is 0 Å². The number of nitrogens with two attached hydrogens (primary N) is 4. The van der Waals surface area contributed by atoms with Crippen LogP contribution in [0.2, 0.25) is 0 Å². The van der Waals surface area contributed by atoms with E-state index in [4.69, 9.17) is 23.2 Å². The number of hydrogen-bond donors (Lipinski definition) is 4. The van der Waals surface area contributed by atoms with Gasteiger partial charge >= 0.3 is 0 Å². The maximum atomic E-state index is 5.40. The number of nitrogens with zero attached hydrogens (tertiary/aromatic N) is 2. The lowest BCUT2D eigenvalue weighted by atomic mass is 10.1. The van der Waals surface area contributed by atoms with Gasteiger partial charge in [-0.2, -0.15) is 10.2 Å². The normalized spacial score (nSPS) is 13.2. The molecule has 76 valence electrons. The van der Waals surface area contributed by atoms with Crippen molar-refractivity contribution in [2.24, 2.45) is 33.4 Å². The number of hydrogen-bond acceptors (Lipinski definition) is 4. The van der Waals surface area contributed by atoms with Gasteiger partial charge in [0.05, 0.1) is 0 Å². The molecule has 8 N–H and O–H groups in total. The number of hydrazone groups is 2. The van der Waals surface area contributed by atoms with Gasteiger partial charge in [0.15, 0.2) is 0 Å². The summed E-state index contributed by atoms with van der Waals surface area (Å²) >= 11 is 0. The third kappa shape index (κ3) is 6.92. The minimum absolute atomic E-state index is 0.487. The summed E-state index contributed by atoms with van der Waals surface area (Å²) < 4.78 is 0. The van der Waals surface area contributed by atoms with E-state index in [1.807, 2.05) is 0 Å². The van der Waals surface area contributed by atoms with Crippen LogP contribution in [0.15, 0.2) is 10.2 Å². The van der Waals surface area contributed by atoms with Gasteiger partial charge in [-0.05, 0) is 12.8 Å². The molecule has 0 heterocycles. The van der Waals surface area contributed by atoms with Crippen LogP contribution in [0.25, 0.3) is 0 Å². The third-order valence-corrected chi connectivity index (χ3v) is 1.70. The fraction of sp³-hybridized carbons (Fsp3) is 0.714. The second-order valence-electron chi connectivity index (χ2n) is 2.80. The topological polar surface area (TPSA) is 129 Å². The van der Waals surface area contributed by atoms with Crippen LogP contribution in [-0.4, -0.2) is 11.7 Å². The highest BCUT2D eigenvalue weighted by Gasteiger charge is 1.95. The van der Waals surface area contributed by atoms with E-state index in [9.17, 15) is 0 Å². The van der Waals surface area contributed by atoms with Gasteiger partial charge in [-0.25, -0.2) is 0 Å². The summed E-state index contributed by atoms with van der Waals surface area (Å²) in [6.45, 7) is 0. The molecule has 0 amide bonds. The van der Waals surface area contributed by atoms with Crippen LogP contribution in [0.5, 0.6) is 0 Å². The molecular formula is C7H18N6. The minimum Gasteiger partial charge on any atom is -0.386 e. The average Bonchev–Trinajstić information content (AvgIpc) is 2.16. The van der Waals surface area contributed by atoms with Crippen LogP contribution < -0.4 is 23.2 Å². The Bertz CT molecular complexity index is 165. The van der Waals surface area contributed by atoms with Crippen LogP contribution in [0.4, 0.5) is 0 Å². The molecule has 0 bridgehead atoms. The summed E-state index contributed by atoms with van der Waals surface area (Å²) in [7, 11) is 0. The van der Waals surface area contributed by atoms with Crippen LogP contribution >= 0.6 is 0 Å². The van der Waals surface area contributed by atoms with Crippen LogP contribution in [0.1, 0.15) is 32.1 Å². The van der Waals surface area contributed by atoms with Crippen molar-refractivity contribution in [2.45, 2.75) is 32.1 Å². The highest BCUT2D eigenvalue weighted by atomic mass is 15.2. The maximum absolute atomic E-state index is 5.40. The van der Waals surface area contributed by atoms with E-state index in [0.717, 1.165) is 32.1 Å². The lowest BCUT2D eigenvalue weighted by molar-refractivity contribution is 0.712. The van der Waals surface area contributed by atoms with Crippen molar-refractivity contribution >= 4 is 11.7 Å². The molecule has 0 saturated heterocycles. The summed E-state index contributed by atoms with van der Waals surface area (Å²) in [5.41, 5.74) is 10.8. The van der Waals surface area contributed by atoms with E-state index in [1.165, 1.54) is 0 Å². The van der Waals surface area contributed by atoms with E-state index < -0.39 is 0 Å². The molecule has 0 saturated carbocycles. The molecule has 0 aromatic rings. The van der Waals surface area contributed by atoms with Gasteiger partial charge in [0, 0.05) is 12.8 Å². The summed E-state index contributed by atoms with van der Waals surface area (Å²) in [5.74, 6) is 10.9. The number of rotatable bonds is 6. The van der Waals surface area contributed by atoms with Crippen molar-refractivity contribution in [3.63, 3.8) is 0 Å². The molecule has 13 heavy (non-hydrogen) atoms. The van der Waals surface area contributed by atoms with Gasteiger partial charge in [0.25, 0.3) is 0 Å². The highest BCUT2D eigenvalue weighted by molar-refractivity contribution is 5.80. The van der Waals surface area contributed by atoms with Crippen molar-refractivity contribution < 1.29 is 0 Å². The summed E-state index contributed by atoms with van der Waals surface area (Å²) in [5, 5.41) is 6.73. The lowest BCUT2D eigenvalue weighted by Crippen LogP contribution is -2.14. The smallest absolute Gasteiger partial charge is 0.119 e. The van der Waals surface area contributed by atoms with Crippen LogP contribution in [-0.2, 0) is 0 Å². The summed E-state index contributed by atoms with van der Waals surface area (Å²) in [4.78, 5) is 0. The largest absolute Gasteiger partial charge is 0.386 e. The Balaban J connectivity index is 3.27. The summed E-state index contributed by atoms with van der Waals surface area (Å²) in [6.07, 6.45) is 4.41. The lowest BCUT2D eigenvalue weighted by Gasteiger charge is -2.00.